The Hall–Kier alpha value is -2.68. The minimum atomic E-state index is -0.547. The number of allylic oxidation sites excluding steroid dienone is 1. The summed E-state index contributed by atoms with van der Waals surface area (Å²) in [5.41, 5.74) is 2.53. The molecule has 10 heteroatoms. The molecule has 1 unspecified atom stereocenters. The molecular weight excluding hydrogens is 493 g/mol. The van der Waals surface area contributed by atoms with Crippen LogP contribution >= 0.6 is 35.0 Å². The van der Waals surface area contributed by atoms with E-state index in [2.05, 4.69) is 22.5 Å². The van der Waals surface area contributed by atoms with Gasteiger partial charge in [-0.1, -0.05) is 60.1 Å². The zero-order chi connectivity index (χ0) is 24.2. The molecule has 0 fully saturated rings. The van der Waals surface area contributed by atoms with E-state index in [4.69, 9.17) is 33.0 Å². The first-order valence-corrected chi connectivity index (χ1v) is 12.7. The van der Waals surface area contributed by atoms with Crippen molar-refractivity contribution in [2.75, 3.05) is 23.0 Å². The van der Waals surface area contributed by atoms with E-state index in [0.29, 0.717) is 50.5 Å². The quantitative estimate of drug-likeness (QED) is 0.335. The van der Waals surface area contributed by atoms with Crippen molar-refractivity contribution in [2.45, 2.75) is 38.4 Å². The molecule has 0 bridgehead atoms. The van der Waals surface area contributed by atoms with E-state index in [-0.39, 0.29) is 5.91 Å². The molecule has 1 atom stereocenters. The van der Waals surface area contributed by atoms with Gasteiger partial charge in [0.05, 0.1) is 27.9 Å². The second-order valence-corrected chi connectivity index (χ2v) is 9.51. The topological polar surface area (TPSA) is 81.1 Å². The summed E-state index contributed by atoms with van der Waals surface area (Å²) in [6.07, 6.45) is 1.00. The van der Waals surface area contributed by atoms with Crippen molar-refractivity contribution in [2.24, 2.45) is 0 Å². The molecule has 0 aliphatic carbocycles. The number of rotatable bonds is 8. The summed E-state index contributed by atoms with van der Waals surface area (Å²) in [5.74, 6) is 1.79. The number of para-hydroxylation sites is 2. The van der Waals surface area contributed by atoms with E-state index in [1.165, 1.54) is 0 Å². The Labute approximate surface area is 212 Å². The summed E-state index contributed by atoms with van der Waals surface area (Å²) in [7, 11) is 0. The number of hydrogen-bond acceptors (Lipinski definition) is 6. The Kier molecular flexibility index (Phi) is 7.70. The Bertz CT molecular complexity index is 1240. The molecular formula is C24H25Cl2N5O2S. The number of ether oxygens (including phenoxy) is 1. The van der Waals surface area contributed by atoms with Gasteiger partial charge in [0.1, 0.15) is 11.8 Å². The standard InChI is InChI=1S/C24H25Cl2N5O2S/c1-4-12-34-24-29-23-27-14(3)20(22(32)28-18-8-6-7-9-19(18)33-5-2)21(31(23)30-24)15-10-11-16(25)17(26)13-15/h6-11,13,21H,4-5,12H2,1-3H3,(H,28,32)(H,27,29,30). The first-order chi connectivity index (χ1) is 16.4. The van der Waals surface area contributed by atoms with Crippen molar-refractivity contribution in [3.05, 3.63) is 69.3 Å². The van der Waals surface area contributed by atoms with E-state index in [9.17, 15) is 4.79 Å². The largest absolute Gasteiger partial charge is 0.492 e. The molecule has 0 saturated heterocycles. The van der Waals surface area contributed by atoms with Crippen LogP contribution in [-0.4, -0.2) is 33.0 Å². The Balaban J connectivity index is 1.77. The predicted octanol–water partition coefficient (Wildman–Crippen LogP) is 6.41. The molecule has 1 amide bonds. The fourth-order valence-corrected chi connectivity index (χ4v) is 4.70. The summed E-state index contributed by atoms with van der Waals surface area (Å²) in [6, 6.07) is 12.1. The number of nitrogens with zero attached hydrogens (tertiary/aromatic N) is 3. The van der Waals surface area contributed by atoms with Crippen LogP contribution in [-0.2, 0) is 4.79 Å². The van der Waals surface area contributed by atoms with Crippen LogP contribution in [0.1, 0.15) is 38.8 Å². The van der Waals surface area contributed by atoms with Crippen LogP contribution in [0.3, 0.4) is 0 Å². The van der Waals surface area contributed by atoms with E-state index in [1.807, 2.05) is 44.2 Å². The molecule has 2 heterocycles. The van der Waals surface area contributed by atoms with Crippen molar-refractivity contribution in [1.82, 2.24) is 14.8 Å². The minimum Gasteiger partial charge on any atom is -0.492 e. The zero-order valence-corrected chi connectivity index (χ0v) is 21.4. The summed E-state index contributed by atoms with van der Waals surface area (Å²) in [4.78, 5) is 18.3. The molecule has 0 saturated carbocycles. The van der Waals surface area contributed by atoms with E-state index in [1.54, 1.807) is 28.6 Å². The number of nitrogens with one attached hydrogen (secondary N) is 2. The number of carbonyl (C=O) groups excluding carboxylic acids is 1. The van der Waals surface area contributed by atoms with Crippen LogP contribution in [0.4, 0.5) is 11.6 Å². The highest BCUT2D eigenvalue weighted by Crippen LogP contribution is 2.39. The van der Waals surface area contributed by atoms with Gasteiger partial charge >= 0.3 is 0 Å². The van der Waals surface area contributed by atoms with Gasteiger partial charge in [0.15, 0.2) is 0 Å². The molecule has 34 heavy (non-hydrogen) atoms. The third-order valence-electron chi connectivity index (χ3n) is 5.21. The molecule has 2 N–H and O–H groups in total. The third-order valence-corrected chi connectivity index (χ3v) is 6.99. The number of thioether (sulfide) groups is 1. The number of fused-ring (bicyclic) bond motifs is 1. The fraction of sp³-hybridized carbons (Fsp3) is 0.292. The van der Waals surface area contributed by atoms with Crippen LogP contribution in [0.15, 0.2) is 58.9 Å². The van der Waals surface area contributed by atoms with Crippen LogP contribution in [0, 0.1) is 0 Å². The number of aromatic nitrogens is 3. The Morgan fingerprint density at radius 1 is 1.21 bits per heavy atom. The lowest BCUT2D eigenvalue weighted by Gasteiger charge is -2.29. The number of carbonyl (C=O) groups is 1. The normalized spacial score (nSPS) is 15.0. The number of halogens is 2. The SMILES string of the molecule is CCCSc1nc2n(n1)C(c1ccc(Cl)c(Cl)c1)C(C(=O)Nc1ccccc1OCC)=C(C)N2. The van der Waals surface area contributed by atoms with Gasteiger partial charge in [0.2, 0.25) is 11.1 Å². The maximum atomic E-state index is 13.7. The van der Waals surface area contributed by atoms with Gasteiger partial charge in [0, 0.05) is 11.4 Å². The van der Waals surface area contributed by atoms with E-state index < -0.39 is 6.04 Å². The smallest absolute Gasteiger partial charge is 0.255 e. The molecule has 7 nitrogen and oxygen atoms in total. The molecule has 0 spiro atoms. The van der Waals surface area contributed by atoms with Gasteiger partial charge in [-0.25, -0.2) is 4.68 Å². The van der Waals surface area contributed by atoms with Crippen LogP contribution in [0.2, 0.25) is 10.0 Å². The minimum absolute atomic E-state index is 0.280. The van der Waals surface area contributed by atoms with Gasteiger partial charge in [-0.3, -0.25) is 4.79 Å². The van der Waals surface area contributed by atoms with Crippen molar-refractivity contribution in [3.63, 3.8) is 0 Å². The number of anilines is 2. The molecule has 0 radical (unpaired) electrons. The Morgan fingerprint density at radius 3 is 2.74 bits per heavy atom. The zero-order valence-electron chi connectivity index (χ0n) is 19.1. The van der Waals surface area contributed by atoms with Gasteiger partial charge in [-0.15, -0.1) is 5.10 Å². The number of benzene rings is 2. The number of hydrogen-bond donors (Lipinski definition) is 2. The summed E-state index contributed by atoms with van der Waals surface area (Å²) >= 11 is 14.1. The lowest BCUT2D eigenvalue weighted by atomic mass is 9.95. The molecule has 178 valence electrons. The summed E-state index contributed by atoms with van der Waals surface area (Å²) in [5, 5.41) is 12.4. The van der Waals surface area contributed by atoms with E-state index in [0.717, 1.165) is 17.7 Å². The van der Waals surface area contributed by atoms with E-state index >= 15 is 0 Å². The van der Waals surface area contributed by atoms with Gasteiger partial charge in [0.25, 0.3) is 5.91 Å². The highest BCUT2D eigenvalue weighted by molar-refractivity contribution is 7.99. The molecule has 1 aliphatic heterocycles. The lowest BCUT2D eigenvalue weighted by Crippen LogP contribution is -2.31. The van der Waals surface area contributed by atoms with Gasteiger partial charge < -0.3 is 15.4 Å². The predicted molar refractivity (Wildman–Crippen MR) is 138 cm³/mol. The second kappa shape index (κ2) is 10.7. The van der Waals surface area contributed by atoms with Gasteiger partial charge in [-0.2, -0.15) is 4.98 Å². The highest BCUT2D eigenvalue weighted by atomic mass is 35.5. The van der Waals surface area contributed by atoms with Crippen LogP contribution in [0.5, 0.6) is 5.75 Å². The van der Waals surface area contributed by atoms with Crippen LogP contribution < -0.4 is 15.4 Å². The van der Waals surface area contributed by atoms with Crippen molar-refractivity contribution in [3.8, 4) is 5.75 Å². The first-order valence-electron chi connectivity index (χ1n) is 11.0. The van der Waals surface area contributed by atoms with Crippen LogP contribution in [0.25, 0.3) is 0 Å². The second-order valence-electron chi connectivity index (χ2n) is 7.63. The molecule has 3 aromatic rings. The Morgan fingerprint density at radius 2 is 2.00 bits per heavy atom. The monoisotopic (exact) mass is 517 g/mol. The maximum Gasteiger partial charge on any atom is 0.255 e. The number of amides is 1. The molecule has 4 rings (SSSR count). The fourth-order valence-electron chi connectivity index (χ4n) is 3.71. The summed E-state index contributed by atoms with van der Waals surface area (Å²) < 4.78 is 7.41. The molecule has 1 aromatic heterocycles. The van der Waals surface area contributed by atoms with Gasteiger partial charge in [-0.05, 0) is 50.1 Å². The average molecular weight is 518 g/mol. The average Bonchev–Trinajstić information content (AvgIpc) is 3.22. The van der Waals surface area contributed by atoms with Crippen molar-refractivity contribution < 1.29 is 9.53 Å². The highest BCUT2D eigenvalue weighted by Gasteiger charge is 2.35. The van der Waals surface area contributed by atoms with Crippen molar-refractivity contribution in [1.29, 1.82) is 0 Å². The molecule has 1 aliphatic rings. The first kappa shape index (κ1) is 24.4. The lowest BCUT2D eigenvalue weighted by molar-refractivity contribution is -0.113. The van der Waals surface area contributed by atoms with Crippen molar-refractivity contribution >= 4 is 52.5 Å². The molecule has 2 aromatic carbocycles. The third kappa shape index (κ3) is 5.04. The summed E-state index contributed by atoms with van der Waals surface area (Å²) in [6.45, 7) is 6.35. The maximum absolute atomic E-state index is 13.7.